The van der Waals surface area contributed by atoms with E-state index in [2.05, 4.69) is 4.18 Å². The molecule has 0 aliphatic heterocycles. The number of hydrogen-bond acceptors (Lipinski definition) is 6. The SMILES string of the molecule is CCOC(=O)/C(=C/c1ccc(OS(=O)(=O)C(F)(F)F)c(OCC)c1)CC. The van der Waals surface area contributed by atoms with Crippen LogP contribution in [0.4, 0.5) is 13.2 Å². The number of alkyl halides is 3. The lowest BCUT2D eigenvalue weighted by atomic mass is 10.1. The predicted molar refractivity (Wildman–Crippen MR) is 88.1 cm³/mol. The molecule has 1 aromatic carbocycles. The molecule has 146 valence electrons. The Hall–Kier alpha value is -2.23. The van der Waals surface area contributed by atoms with E-state index in [9.17, 15) is 26.4 Å². The van der Waals surface area contributed by atoms with Gasteiger partial charge in [0.05, 0.1) is 13.2 Å². The molecule has 10 heteroatoms. The van der Waals surface area contributed by atoms with E-state index in [0.717, 1.165) is 6.07 Å². The van der Waals surface area contributed by atoms with Crippen molar-refractivity contribution in [1.82, 2.24) is 0 Å². The minimum Gasteiger partial charge on any atom is -0.490 e. The summed E-state index contributed by atoms with van der Waals surface area (Å²) in [5, 5.41) is 0. The third-order valence-electron chi connectivity index (χ3n) is 3.01. The summed E-state index contributed by atoms with van der Waals surface area (Å²) in [6.07, 6.45) is 1.84. The summed E-state index contributed by atoms with van der Waals surface area (Å²) in [7, 11) is -5.82. The second-order valence-electron chi connectivity index (χ2n) is 4.87. The van der Waals surface area contributed by atoms with Crippen LogP contribution in [0.25, 0.3) is 6.08 Å². The Morgan fingerprint density at radius 1 is 1.12 bits per heavy atom. The van der Waals surface area contributed by atoms with Crippen LogP contribution < -0.4 is 8.92 Å². The summed E-state index contributed by atoms with van der Waals surface area (Å²) in [6.45, 7) is 5.22. The molecule has 26 heavy (non-hydrogen) atoms. The number of benzene rings is 1. The van der Waals surface area contributed by atoms with Crippen molar-refractivity contribution in [2.75, 3.05) is 13.2 Å². The quantitative estimate of drug-likeness (QED) is 0.289. The monoisotopic (exact) mass is 396 g/mol. The molecule has 0 amide bonds. The van der Waals surface area contributed by atoms with Crippen LogP contribution in [0.15, 0.2) is 23.8 Å². The Kier molecular flexibility index (Phi) is 7.49. The van der Waals surface area contributed by atoms with Gasteiger partial charge in [-0.25, -0.2) is 4.79 Å². The Labute approximate surface area is 149 Å². The predicted octanol–water partition coefficient (Wildman–Crippen LogP) is 3.67. The van der Waals surface area contributed by atoms with Crippen molar-refractivity contribution in [2.45, 2.75) is 32.7 Å². The molecule has 0 aliphatic carbocycles. The van der Waals surface area contributed by atoms with Gasteiger partial charge in [0.25, 0.3) is 0 Å². The van der Waals surface area contributed by atoms with Crippen LogP contribution in [-0.4, -0.2) is 33.1 Å². The number of halogens is 3. The van der Waals surface area contributed by atoms with Crippen LogP contribution in [-0.2, 0) is 19.6 Å². The Bertz CT molecular complexity index is 769. The van der Waals surface area contributed by atoms with Gasteiger partial charge in [0, 0.05) is 5.57 Å². The van der Waals surface area contributed by atoms with Crippen molar-refractivity contribution in [2.24, 2.45) is 0 Å². The molecule has 0 radical (unpaired) electrons. The molecule has 0 aliphatic rings. The molecular formula is C16H19F3O6S. The summed E-state index contributed by atoms with van der Waals surface area (Å²) < 4.78 is 74.0. The highest BCUT2D eigenvalue weighted by Gasteiger charge is 2.48. The van der Waals surface area contributed by atoms with Crippen molar-refractivity contribution < 1.29 is 40.0 Å². The summed E-state index contributed by atoms with van der Waals surface area (Å²) in [4.78, 5) is 11.8. The lowest BCUT2D eigenvalue weighted by Crippen LogP contribution is -2.28. The first-order valence-corrected chi connectivity index (χ1v) is 9.11. The fourth-order valence-electron chi connectivity index (χ4n) is 1.85. The van der Waals surface area contributed by atoms with E-state index in [1.54, 1.807) is 20.8 Å². The summed E-state index contributed by atoms with van der Waals surface area (Å²) >= 11 is 0. The van der Waals surface area contributed by atoms with Crippen molar-refractivity contribution in [3.63, 3.8) is 0 Å². The van der Waals surface area contributed by atoms with Crippen molar-refractivity contribution in [3.8, 4) is 11.5 Å². The number of hydrogen-bond donors (Lipinski definition) is 0. The van der Waals surface area contributed by atoms with Crippen LogP contribution in [0.3, 0.4) is 0 Å². The van der Waals surface area contributed by atoms with Crippen LogP contribution >= 0.6 is 0 Å². The molecule has 0 unspecified atom stereocenters. The fourth-order valence-corrected chi connectivity index (χ4v) is 2.32. The van der Waals surface area contributed by atoms with E-state index >= 15 is 0 Å². The lowest BCUT2D eigenvalue weighted by Gasteiger charge is -2.14. The van der Waals surface area contributed by atoms with Gasteiger partial charge in [0.15, 0.2) is 11.5 Å². The average Bonchev–Trinajstić information content (AvgIpc) is 2.54. The first kappa shape index (κ1) is 21.8. The van der Waals surface area contributed by atoms with Gasteiger partial charge < -0.3 is 13.7 Å². The zero-order valence-electron chi connectivity index (χ0n) is 14.4. The zero-order chi connectivity index (χ0) is 20.0. The molecule has 0 spiro atoms. The van der Waals surface area contributed by atoms with Crippen LogP contribution in [0.1, 0.15) is 32.8 Å². The van der Waals surface area contributed by atoms with Crippen molar-refractivity contribution in [3.05, 3.63) is 29.3 Å². The number of ether oxygens (including phenoxy) is 2. The topological polar surface area (TPSA) is 78.9 Å². The third-order valence-corrected chi connectivity index (χ3v) is 3.98. The molecular weight excluding hydrogens is 377 g/mol. The second-order valence-corrected chi connectivity index (χ2v) is 6.40. The van der Waals surface area contributed by atoms with Crippen LogP contribution in [0.5, 0.6) is 11.5 Å². The van der Waals surface area contributed by atoms with Gasteiger partial charge in [-0.2, -0.15) is 21.6 Å². The molecule has 0 N–H and O–H groups in total. The fraction of sp³-hybridized carbons (Fsp3) is 0.438. The normalized spacial score (nSPS) is 12.6. The van der Waals surface area contributed by atoms with Gasteiger partial charge in [0.1, 0.15) is 0 Å². The molecule has 0 atom stereocenters. The molecule has 0 heterocycles. The molecule has 0 saturated heterocycles. The molecule has 0 aromatic heterocycles. The molecule has 0 fully saturated rings. The number of esters is 1. The van der Waals surface area contributed by atoms with E-state index in [1.807, 2.05) is 0 Å². The van der Waals surface area contributed by atoms with Gasteiger partial charge in [0.2, 0.25) is 0 Å². The number of carbonyl (C=O) groups is 1. The third kappa shape index (κ3) is 5.65. The maximum absolute atomic E-state index is 12.5. The maximum atomic E-state index is 12.5. The van der Waals surface area contributed by atoms with Crippen LogP contribution in [0.2, 0.25) is 0 Å². The second kappa shape index (κ2) is 8.93. The van der Waals surface area contributed by atoms with E-state index < -0.39 is 27.3 Å². The van der Waals surface area contributed by atoms with Crippen molar-refractivity contribution in [1.29, 1.82) is 0 Å². The van der Waals surface area contributed by atoms with E-state index in [-0.39, 0.29) is 19.0 Å². The van der Waals surface area contributed by atoms with E-state index in [1.165, 1.54) is 18.2 Å². The highest BCUT2D eigenvalue weighted by Crippen LogP contribution is 2.34. The first-order valence-electron chi connectivity index (χ1n) is 7.71. The molecule has 0 saturated carbocycles. The van der Waals surface area contributed by atoms with E-state index in [4.69, 9.17) is 9.47 Å². The largest absolute Gasteiger partial charge is 0.534 e. The van der Waals surface area contributed by atoms with Gasteiger partial charge in [-0.15, -0.1) is 0 Å². The Balaban J connectivity index is 3.26. The van der Waals surface area contributed by atoms with Crippen molar-refractivity contribution >= 4 is 22.2 Å². The molecule has 1 rings (SSSR count). The van der Waals surface area contributed by atoms with Gasteiger partial charge in [-0.3, -0.25) is 0 Å². The molecule has 1 aromatic rings. The Morgan fingerprint density at radius 2 is 1.77 bits per heavy atom. The summed E-state index contributed by atoms with van der Waals surface area (Å²) in [5.74, 6) is -1.32. The number of carbonyl (C=O) groups excluding carboxylic acids is 1. The first-order chi connectivity index (χ1) is 12.1. The summed E-state index contributed by atoms with van der Waals surface area (Å²) in [5.41, 5.74) is -4.81. The highest BCUT2D eigenvalue weighted by atomic mass is 32.2. The molecule has 6 nitrogen and oxygen atoms in total. The maximum Gasteiger partial charge on any atom is 0.534 e. The minimum absolute atomic E-state index is 0.0636. The van der Waals surface area contributed by atoms with Gasteiger partial charge >= 0.3 is 21.6 Å². The number of rotatable bonds is 8. The Morgan fingerprint density at radius 3 is 2.27 bits per heavy atom. The van der Waals surface area contributed by atoms with Gasteiger partial charge in [-0.1, -0.05) is 13.0 Å². The lowest BCUT2D eigenvalue weighted by molar-refractivity contribution is -0.138. The highest BCUT2D eigenvalue weighted by molar-refractivity contribution is 7.88. The van der Waals surface area contributed by atoms with Gasteiger partial charge in [-0.05, 0) is 44.0 Å². The standard InChI is InChI=1S/C16H19F3O6S/c1-4-12(15(20)24-6-3)9-11-7-8-13(14(10-11)23-5-2)25-26(21,22)16(17,18)19/h7-10H,4-6H2,1-3H3/b12-9+. The van der Waals surface area contributed by atoms with E-state index in [0.29, 0.717) is 17.6 Å². The smallest absolute Gasteiger partial charge is 0.490 e. The zero-order valence-corrected chi connectivity index (χ0v) is 15.2. The summed E-state index contributed by atoms with van der Waals surface area (Å²) in [6, 6.07) is 3.61. The minimum atomic E-state index is -5.82. The molecule has 0 bridgehead atoms. The average molecular weight is 396 g/mol. The van der Waals surface area contributed by atoms with Crippen LogP contribution in [0, 0.1) is 0 Å².